The van der Waals surface area contributed by atoms with Gasteiger partial charge in [0.15, 0.2) is 0 Å². The van der Waals surface area contributed by atoms with E-state index in [0.717, 1.165) is 0 Å². The first-order valence-corrected chi connectivity index (χ1v) is 6.31. The molecular weight excluding hydrogens is 272 g/mol. The van der Waals surface area contributed by atoms with Gasteiger partial charge in [0.05, 0.1) is 6.61 Å². The number of hydrogen-bond donors (Lipinski definition) is 2. The Kier molecular flexibility index (Phi) is 5.21. The normalized spacial score (nSPS) is 14.4. The van der Waals surface area contributed by atoms with Gasteiger partial charge in [0, 0.05) is 11.3 Å². The van der Waals surface area contributed by atoms with Crippen molar-refractivity contribution in [1.29, 1.82) is 0 Å². The molecule has 0 saturated carbocycles. The molecule has 2 unspecified atom stereocenters. The lowest BCUT2D eigenvalue weighted by atomic mass is 10.2. The minimum absolute atomic E-state index is 0.241. The molecule has 3 nitrogen and oxygen atoms in total. The standard InChI is InChI=1S/C10H12F4N2OS/c1-4(5(3-17)18-2)15-8-6(11)9(13)16-10(14)7(8)12/h4-5,17H,3H2,1-2H3,(H,15,16). The van der Waals surface area contributed by atoms with Crippen molar-refractivity contribution in [3.8, 4) is 0 Å². The number of rotatable bonds is 5. The molecule has 0 fully saturated rings. The monoisotopic (exact) mass is 284 g/mol. The molecule has 0 radical (unpaired) electrons. The van der Waals surface area contributed by atoms with Gasteiger partial charge in [0.25, 0.3) is 11.9 Å². The molecular formula is C10H12F4N2OS. The van der Waals surface area contributed by atoms with Crippen LogP contribution >= 0.6 is 11.8 Å². The second-order valence-electron chi connectivity index (χ2n) is 3.59. The molecule has 102 valence electrons. The highest BCUT2D eigenvalue weighted by Gasteiger charge is 2.24. The van der Waals surface area contributed by atoms with Gasteiger partial charge in [-0.3, -0.25) is 0 Å². The zero-order chi connectivity index (χ0) is 13.9. The molecule has 0 bridgehead atoms. The molecule has 0 aliphatic carbocycles. The number of aliphatic hydroxyl groups is 1. The second kappa shape index (κ2) is 6.24. The Balaban J connectivity index is 3.04. The molecule has 0 spiro atoms. The number of hydrogen-bond acceptors (Lipinski definition) is 4. The molecule has 2 N–H and O–H groups in total. The number of pyridine rings is 1. The Morgan fingerprint density at radius 3 is 2.11 bits per heavy atom. The summed E-state index contributed by atoms with van der Waals surface area (Å²) in [6, 6.07) is -0.588. The molecule has 1 heterocycles. The molecule has 1 aromatic rings. The summed E-state index contributed by atoms with van der Waals surface area (Å²) in [5, 5.41) is 11.0. The molecule has 1 aromatic heterocycles. The fourth-order valence-corrected chi connectivity index (χ4v) is 2.00. The van der Waals surface area contributed by atoms with Crippen LogP contribution in [-0.4, -0.2) is 34.2 Å². The molecule has 18 heavy (non-hydrogen) atoms. The maximum absolute atomic E-state index is 13.3. The summed E-state index contributed by atoms with van der Waals surface area (Å²) in [4.78, 5) is 2.45. The number of aliphatic hydroxyl groups excluding tert-OH is 1. The molecule has 0 amide bonds. The topological polar surface area (TPSA) is 45.1 Å². The van der Waals surface area contributed by atoms with Gasteiger partial charge >= 0.3 is 0 Å². The minimum Gasteiger partial charge on any atom is -0.395 e. The van der Waals surface area contributed by atoms with Gasteiger partial charge < -0.3 is 10.4 Å². The van der Waals surface area contributed by atoms with Crippen LogP contribution in [0.4, 0.5) is 23.2 Å². The van der Waals surface area contributed by atoms with Crippen molar-refractivity contribution < 1.29 is 22.7 Å². The first kappa shape index (κ1) is 15.0. The van der Waals surface area contributed by atoms with Crippen molar-refractivity contribution in [2.45, 2.75) is 18.2 Å². The number of aromatic nitrogens is 1. The van der Waals surface area contributed by atoms with E-state index in [1.165, 1.54) is 18.7 Å². The highest BCUT2D eigenvalue weighted by Crippen LogP contribution is 2.24. The predicted octanol–water partition coefficient (Wildman–Crippen LogP) is 2.16. The fraction of sp³-hybridized carbons (Fsp3) is 0.500. The van der Waals surface area contributed by atoms with Gasteiger partial charge in [-0.2, -0.15) is 34.3 Å². The van der Waals surface area contributed by atoms with E-state index in [0.29, 0.717) is 0 Å². The minimum atomic E-state index is -1.71. The van der Waals surface area contributed by atoms with Crippen molar-refractivity contribution in [2.75, 3.05) is 18.2 Å². The summed E-state index contributed by atoms with van der Waals surface area (Å²) < 4.78 is 52.3. The van der Waals surface area contributed by atoms with Crippen molar-refractivity contribution in [2.24, 2.45) is 0 Å². The van der Waals surface area contributed by atoms with Gasteiger partial charge in [-0.1, -0.05) is 0 Å². The Labute approximate surface area is 106 Å². The highest BCUT2D eigenvalue weighted by atomic mass is 32.2. The molecule has 0 aliphatic rings. The average molecular weight is 284 g/mol. The van der Waals surface area contributed by atoms with Crippen molar-refractivity contribution in [1.82, 2.24) is 4.98 Å². The van der Waals surface area contributed by atoms with Crippen molar-refractivity contribution >= 4 is 17.4 Å². The third-order valence-corrected chi connectivity index (χ3v) is 3.57. The Hall–Kier alpha value is -1.02. The van der Waals surface area contributed by atoms with Crippen LogP contribution in [0.1, 0.15) is 6.92 Å². The van der Waals surface area contributed by atoms with Crippen LogP contribution in [0.3, 0.4) is 0 Å². The van der Waals surface area contributed by atoms with E-state index >= 15 is 0 Å². The van der Waals surface area contributed by atoms with Crippen LogP contribution in [-0.2, 0) is 0 Å². The Morgan fingerprint density at radius 2 is 1.72 bits per heavy atom. The first-order chi connectivity index (χ1) is 8.42. The number of nitrogens with one attached hydrogen (secondary N) is 1. The van der Waals surface area contributed by atoms with E-state index in [2.05, 4.69) is 10.3 Å². The quantitative estimate of drug-likeness (QED) is 0.642. The van der Waals surface area contributed by atoms with E-state index in [4.69, 9.17) is 5.11 Å². The van der Waals surface area contributed by atoms with E-state index in [9.17, 15) is 17.6 Å². The molecule has 0 aromatic carbocycles. The van der Waals surface area contributed by atoms with Crippen LogP contribution in [0.5, 0.6) is 0 Å². The van der Waals surface area contributed by atoms with E-state index in [-0.39, 0.29) is 11.9 Å². The lowest BCUT2D eigenvalue weighted by Gasteiger charge is -2.22. The average Bonchev–Trinajstić information content (AvgIpc) is 2.33. The van der Waals surface area contributed by atoms with Crippen molar-refractivity contribution in [3.05, 3.63) is 23.5 Å². The lowest BCUT2D eigenvalue weighted by Crippen LogP contribution is -2.32. The van der Waals surface area contributed by atoms with Crippen LogP contribution in [0.25, 0.3) is 0 Å². The maximum Gasteiger partial charge on any atom is 0.253 e. The summed E-state index contributed by atoms with van der Waals surface area (Å²) in [6.45, 7) is 1.29. The largest absolute Gasteiger partial charge is 0.395 e. The van der Waals surface area contributed by atoms with Gasteiger partial charge in [0.2, 0.25) is 11.6 Å². The smallest absolute Gasteiger partial charge is 0.253 e. The summed E-state index contributed by atoms with van der Waals surface area (Å²) >= 11 is 1.26. The molecule has 1 rings (SSSR count). The van der Waals surface area contributed by atoms with Crippen LogP contribution in [0, 0.1) is 23.5 Å². The predicted molar refractivity (Wildman–Crippen MR) is 61.5 cm³/mol. The number of nitrogens with zero attached hydrogens (tertiary/aromatic N) is 1. The zero-order valence-electron chi connectivity index (χ0n) is 9.68. The van der Waals surface area contributed by atoms with Crippen LogP contribution < -0.4 is 5.32 Å². The molecule has 0 saturated heterocycles. The number of thioether (sulfide) groups is 1. The maximum atomic E-state index is 13.3. The van der Waals surface area contributed by atoms with E-state index in [1.54, 1.807) is 6.26 Å². The van der Waals surface area contributed by atoms with Gasteiger partial charge in [-0.15, -0.1) is 0 Å². The lowest BCUT2D eigenvalue weighted by molar-refractivity contribution is 0.288. The highest BCUT2D eigenvalue weighted by molar-refractivity contribution is 7.99. The van der Waals surface area contributed by atoms with Crippen LogP contribution in [0.2, 0.25) is 0 Å². The zero-order valence-corrected chi connectivity index (χ0v) is 10.5. The third kappa shape index (κ3) is 3.05. The van der Waals surface area contributed by atoms with Gasteiger partial charge in [-0.25, -0.2) is 0 Å². The summed E-state index contributed by atoms with van der Waals surface area (Å²) in [7, 11) is 0. The summed E-state index contributed by atoms with van der Waals surface area (Å²) in [5.41, 5.74) is -0.917. The van der Waals surface area contributed by atoms with Crippen LogP contribution in [0.15, 0.2) is 0 Å². The molecule has 2 atom stereocenters. The third-order valence-electron chi connectivity index (χ3n) is 2.41. The Morgan fingerprint density at radius 1 is 1.22 bits per heavy atom. The van der Waals surface area contributed by atoms with Gasteiger partial charge in [0.1, 0.15) is 5.69 Å². The second-order valence-corrected chi connectivity index (χ2v) is 4.66. The van der Waals surface area contributed by atoms with E-state index in [1.807, 2.05) is 0 Å². The van der Waals surface area contributed by atoms with Crippen molar-refractivity contribution in [3.63, 3.8) is 0 Å². The summed E-state index contributed by atoms with van der Waals surface area (Å²) in [5.74, 6) is -6.60. The summed E-state index contributed by atoms with van der Waals surface area (Å²) in [6.07, 6.45) is 1.69. The first-order valence-electron chi connectivity index (χ1n) is 5.02. The fourth-order valence-electron chi connectivity index (χ4n) is 1.37. The van der Waals surface area contributed by atoms with E-state index < -0.39 is 35.3 Å². The SMILES string of the molecule is CSC(CO)C(C)Nc1c(F)c(F)nc(F)c1F. The Bertz CT molecular complexity index is 403. The number of anilines is 1. The van der Waals surface area contributed by atoms with Gasteiger partial charge in [-0.05, 0) is 13.2 Å². The molecule has 8 heteroatoms. The number of halogens is 4. The molecule has 0 aliphatic heterocycles.